The number of nitriles is 1. The van der Waals surface area contributed by atoms with Gasteiger partial charge >= 0.3 is 5.97 Å². The molecule has 21 heavy (non-hydrogen) atoms. The Morgan fingerprint density at radius 2 is 2.00 bits per heavy atom. The van der Waals surface area contributed by atoms with E-state index in [1.165, 1.54) is 0 Å². The van der Waals surface area contributed by atoms with E-state index in [0.717, 1.165) is 12.8 Å². The van der Waals surface area contributed by atoms with Crippen LogP contribution in [-0.2, 0) is 9.53 Å². The maximum atomic E-state index is 11.8. The van der Waals surface area contributed by atoms with Crippen LogP contribution in [0.4, 0.5) is 0 Å². The standard InChI is InChI=1S/C15H18N2O4/c1-2-3-9-20-13-6-4-12(5-7-13)15(19)17-11-14(18)21-10-8-16/h4-7H,2-3,9-11H2,1H3,(H,17,19). The fourth-order valence-electron chi connectivity index (χ4n) is 1.46. The molecule has 1 N–H and O–H groups in total. The van der Waals surface area contributed by atoms with Crippen molar-refractivity contribution in [1.82, 2.24) is 5.32 Å². The molecule has 0 unspecified atom stereocenters. The van der Waals surface area contributed by atoms with E-state index < -0.39 is 5.97 Å². The van der Waals surface area contributed by atoms with E-state index in [1.807, 2.05) is 0 Å². The number of ether oxygens (including phenoxy) is 2. The van der Waals surface area contributed by atoms with Gasteiger partial charge in [-0.15, -0.1) is 0 Å². The van der Waals surface area contributed by atoms with Crippen molar-refractivity contribution in [2.24, 2.45) is 0 Å². The molecule has 112 valence electrons. The highest BCUT2D eigenvalue weighted by Crippen LogP contribution is 2.12. The molecular formula is C15H18N2O4. The molecular weight excluding hydrogens is 272 g/mol. The maximum absolute atomic E-state index is 11.8. The predicted octanol–water partition coefficient (Wildman–Crippen LogP) is 1.66. The lowest BCUT2D eigenvalue weighted by Crippen LogP contribution is -2.30. The van der Waals surface area contributed by atoms with Gasteiger partial charge in [-0.1, -0.05) is 13.3 Å². The number of hydrogen-bond donors (Lipinski definition) is 1. The smallest absolute Gasteiger partial charge is 0.326 e. The highest BCUT2D eigenvalue weighted by Gasteiger charge is 2.08. The number of carbonyl (C=O) groups excluding carboxylic acids is 2. The van der Waals surface area contributed by atoms with Crippen LogP contribution in [0.5, 0.6) is 5.75 Å². The molecule has 0 aliphatic rings. The predicted molar refractivity (Wildman–Crippen MR) is 75.8 cm³/mol. The molecule has 1 aromatic carbocycles. The highest BCUT2D eigenvalue weighted by molar-refractivity contribution is 5.96. The second kappa shape index (κ2) is 9.37. The average molecular weight is 290 g/mol. The number of nitrogens with one attached hydrogen (secondary N) is 1. The summed E-state index contributed by atoms with van der Waals surface area (Å²) < 4.78 is 10.0. The number of esters is 1. The monoisotopic (exact) mass is 290 g/mol. The van der Waals surface area contributed by atoms with Gasteiger partial charge in [0, 0.05) is 5.56 Å². The van der Waals surface area contributed by atoms with Crippen LogP contribution in [0, 0.1) is 11.3 Å². The lowest BCUT2D eigenvalue weighted by molar-refractivity contribution is -0.140. The number of hydrogen-bond acceptors (Lipinski definition) is 5. The summed E-state index contributed by atoms with van der Waals surface area (Å²) in [5.41, 5.74) is 0.422. The molecule has 6 nitrogen and oxygen atoms in total. The number of amides is 1. The molecule has 0 aliphatic heterocycles. The fourth-order valence-corrected chi connectivity index (χ4v) is 1.46. The summed E-state index contributed by atoms with van der Waals surface area (Å²) in [6.07, 6.45) is 2.04. The van der Waals surface area contributed by atoms with Gasteiger partial charge in [0.2, 0.25) is 0 Å². The van der Waals surface area contributed by atoms with E-state index in [1.54, 1.807) is 30.3 Å². The van der Waals surface area contributed by atoms with Crippen molar-refractivity contribution < 1.29 is 19.1 Å². The van der Waals surface area contributed by atoms with Gasteiger partial charge in [0.1, 0.15) is 18.4 Å². The molecule has 0 radical (unpaired) electrons. The summed E-state index contributed by atoms with van der Waals surface area (Å²) in [4.78, 5) is 22.9. The van der Waals surface area contributed by atoms with Crippen LogP contribution in [0.25, 0.3) is 0 Å². The Morgan fingerprint density at radius 1 is 1.29 bits per heavy atom. The summed E-state index contributed by atoms with van der Waals surface area (Å²) in [7, 11) is 0. The summed E-state index contributed by atoms with van der Waals surface area (Å²) >= 11 is 0. The minimum absolute atomic E-state index is 0.269. The molecule has 0 atom stereocenters. The van der Waals surface area contributed by atoms with Crippen molar-refractivity contribution >= 4 is 11.9 Å². The number of carbonyl (C=O) groups is 2. The van der Waals surface area contributed by atoms with E-state index in [0.29, 0.717) is 17.9 Å². The second-order valence-corrected chi connectivity index (χ2v) is 4.23. The Hall–Kier alpha value is -2.55. The summed E-state index contributed by atoms with van der Waals surface area (Å²) in [5.74, 6) is -0.332. The number of unbranched alkanes of at least 4 members (excludes halogenated alkanes) is 1. The lowest BCUT2D eigenvalue weighted by Gasteiger charge is -2.07. The van der Waals surface area contributed by atoms with Gasteiger partial charge < -0.3 is 14.8 Å². The van der Waals surface area contributed by atoms with Crippen molar-refractivity contribution in [3.05, 3.63) is 29.8 Å². The molecule has 0 aromatic heterocycles. The third kappa shape index (κ3) is 6.43. The zero-order chi connectivity index (χ0) is 15.5. The minimum Gasteiger partial charge on any atom is -0.494 e. The normalized spacial score (nSPS) is 9.52. The Labute approximate surface area is 123 Å². The summed E-state index contributed by atoms with van der Waals surface area (Å²) in [5, 5.41) is 10.7. The first-order valence-electron chi connectivity index (χ1n) is 6.71. The zero-order valence-electron chi connectivity index (χ0n) is 11.9. The highest BCUT2D eigenvalue weighted by atomic mass is 16.5. The number of benzene rings is 1. The molecule has 0 spiro atoms. The third-order valence-electron chi connectivity index (χ3n) is 2.57. The molecule has 0 fully saturated rings. The molecule has 0 bridgehead atoms. The van der Waals surface area contributed by atoms with Crippen molar-refractivity contribution in [1.29, 1.82) is 5.26 Å². The first-order valence-corrected chi connectivity index (χ1v) is 6.71. The van der Waals surface area contributed by atoms with Gasteiger partial charge in [-0.2, -0.15) is 5.26 Å². The molecule has 0 heterocycles. The molecule has 0 aliphatic carbocycles. The molecule has 0 saturated carbocycles. The minimum atomic E-state index is -0.649. The first kappa shape index (κ1) is 16.5. The van der Waals surface area contributed by atoms with Crippen LogP contribution < -0.4 is 10.1 Å². The van der Waals surface area contributed by atoms with E-state index in [-0.39, 0.29) is 19.1 Å². The van der Waals surface area contributed by atoms with Crippen molar-refractivity contribution in [3.8, 4) is 11.8 Å². The van der Waals surface area contributed by atoms with E-state index in [9.17, 15) is 9.59 Å². The largest absolute Gasteiger partial charge is 0.494 e. The van der Waals surface area contributed by atoms with Crippen LogP contribution in [0.1, 0.15) is 30.1 Å². The van der Waals surface area contributed by atoms with Crippen LogP contribution in [-0.4, -0.2) is 31.6 Å². The quantitative estimate of drug-likeness (QED) is 0.581. The Morgan fingerprint density at radius 3 is 2.62 bits per heavy atom. The zero-order valence-corrected chi connectivity index (χ0v) is 11.9. The van der Waals surface area contributed by atoms with Crippen LogP contribution in [0.15, 0.2) is 24.3 Å². The number of rotatable bonds is 8. The maximum Gasteiger partial charge on any atom is 0.326 e. The fraction of sp³-hybridized carbons (Fsp3) is 0.400. The van der Waals surface area contributed by atoms with Crippen LogP contribution >= 0.6 is 0 Å². The Kier molecular flexibility index (Phi) is 7.36. The van der Waals surface area contributed by atoms with Crippen LogP contribution in [0.2, 0.25) is 0 Å². The summed E-state index contributed by atoms with van der Waals surface area (Å²) in [6.45, 7) is 2.14. The SMILES string of the molecule is CCCCOc1ccc(C(=O)NCC(=O)OCC#N)cc1. The molecule has 1 rings (SSSR count). The van der Waals surface area contributed by atoms with E-state index in [4.69, 9.17) is 10.00 Å². The van der Waals surface area contributed by atoms with Gasteiger partial charge in [-0.25, -0.2) is 0 Å². The third-order valence-corrected chi connectivity index (χ3v) is 2.57. The van der Waals surface area contributed by atoms with Gasteiger partial charge in [0.05, 0.1) is 6.61 Å². The molecule has 1 amide bonds. The second-order valence-electron chi connectivity index (χ2n) is 4.23. The van der Waals surface area contributed by atoms with E-state index >= 15 is 0 Å². The number of nitrogens with zero attached hydrogens (tertiary/aromatic N) is 1. The van der Waals surface area contributed by atoms with Crippen molar-refractivity contribution in [3.63, 3.8) is 0 Å². The Balaban J connectivity index is 2.40. The average Bonchev–Trinajstić information content (AvgIpc) is 2.51. The van der Waals surface area contributed by atoms with Gasteiger partial charge in [0.15, 0.2) is 6.61 Å². The summed E-state index contributed by atoms with van der Waals surface area (Å²) in [6, 6.07) is 8.33. The first-order chi connectivity index (χ1) is 10.2. The molecule has 6 heteroatoms. The van der Waals surface area contributed by atoms with Crippen molar-refractivity contribution in [2.75, 3.05) is 19.8 Å². The lowest BCUT2D eigenvalue weighted by atomic mass is 10.2. The topological polar surface area (TPSA) is 88.4 Å². The van der Waals surface area contributed by atoms with Crippen molar-refractivity contribution in [2.45, 2.75) is 19.8 Å². The Bertz CT molecular complexity index is 505. The van der Waals surface area contributed by atoms with Gasteiger partial charge in [0.25, 0.3) is 5.91 Å². The molecule has 1 aromatic rings. The van der Waals surface area contributed by atoms with Gasteiger partial charge in [-0.05, 0) is 30.7 Å². The van der Waals surface area contributed by atoms with Gasteiger partial charge in [-0.3, -0.25) is 9.59 Å². The van der Waals surface area contributed by atoms with E-state index in [2.05, 4.69) is 17.0 Å². The van der Waals surface area contributed by atoms with Crippen LogP contribution in [0.3, 0.4) is 0 Å². The molecule has 0 saturated heterocycles.